The SMILES string of the molecule is C[C@H](CNC(=O)N[C@H](C)c1nncn1C)N1CCc2sccc2C1. The van der Waals surface area contributed by atoms with Crippen LogP contribution >= 0.6 is 11.3 Å². The minimum absolute atomic E-state index is 0.175. The maximum atomic E-state index is 12.1. The number of urea groups is 1. The minimum Gasteiger partial charge on any atom is -0.337 e. The van der Waals surface area contributed by atoms with E-state index in [1.54, 1.807) is 10.9 Å². The molecule has 0 aliphatic carbocycles. The summed E-state index contributed by atoms with van der Waals surface area (Å²) in [6.45, 7) is 6.70. The second kappa shape index (κ2) is 7.31. The van der Waals surface area contributed by atoms with Crippen LogP contribution in [0.25, 0.3) is 0 Å². The number of hydrogen-bond acceptors (Lipinski definition) is 5. The van der Waals surface area contributed by atoms with Gasteiger partial charge in [-0.2, -0.15) is 0 Å². The summed E-state index contributed by atoms with van der Waals surface area (Å²) in [6, 6.07) is 2.15. The molecule has 2 aromatic heterocycles. The molecule has 0 aromatic carbocycles. The predicted octanol–water partition coefficient (Wildman–Crippen LogP) is 1.68. The third kappa shape index (κ3) is 3.76. The summed E-state index contributed by atoms with van der Waals surface area (Å²) in [5, 5.41) is 15.9. The van der Waals surface area contributed by atoms with Gasteiger partial charge in [-0.05, 0) is 37.3 Å². The standard InChI is InChI=1S/C16H24N6OS/c1-11(22-6-4-14-13(9-22)5-7-24-14)8-17-16(23)19-12(2)15-20-18-10-21(15)3/h5,7,10-12H,4,6,8-9H2,1-3H3,(H2,17,19,23)/t11-,12-/m1/s1. The molecule has 3 rings (SSSR count). The zero-order chi connectivity index (χ0) is 17.1. The van der Waals surface area contributed by atoms with Crippen LogP contribution < -0.4 is 10.6 Å². The van der Waals surface area contributed by atoms with Crippen molar-refractivity contribution in [2.24, 2.45) is 7.05 Å². The Bertz CT molecular complexity index is 696. The zero-order valence-electron chi connectivity index (χ0n) is 14.3. The first kappa shape index (κ1) is 16.9. The number of rotatable bonds is 5. The van der Waals surface area contributed by atoms with Crippen LogP contribution in [0, 0.1) is 0 Å². The molecule has 0 radical (unpaired) electrons. The number of carbonyl (C=O) groups excluding carboxylic acids is 1. The fourth-order valence-electron chi connectivity index (χ4n) is 3.01. The van der Waals surface area contributed by atoms with Gasteiger partial charge in [0, 0.05) is 37.6 Å². The third-order valence-corrected chi connectivity index (χ3v) is 5.52. The number of hydrogen-bond donors (Lipinski definition) is 2. The van der Waals surface area contributed by atoms with Crippen LogP contribution in [0.5, 0.6) is 0 Å². The molecule has 1 aliphatic rings. The highest BCUT2D eigenvalue weighted by atomic mass is 32.1. The Morgan fingerprint density at radius 1 is 1.46 bits per heavy atom. The third-order valence-electron chi connectivity index (χ3n) is 4.50. The summed E-state index contributed by atoms with van der Waals surface area (Å²) < 4.78 is 1.81. The van der Waals surface area contributed by atoms with Gasteiger partial charge in [-0.25, -0.2) is 4.79 Å². The first-order valence-corrected chi connectivity index (χ1v) is 9.10. The van der Waals surface area contributed by atoms with E-state index in [1.807, 2.05) is 25.3 Å². The molecule has 0 bridgehead atoms. The average molecular weight is 348 g/mol. The second-order valence-electron chi connectivity index (χ2n) is 6.31. The highest BCUT2D eigenvalue weighted by Crippen LogP contribution is 2.24. The van der Waals surface area contributed by atoms with Gasteiger partial charge in [0.1, 0.15) is 6.33 Å². The Kier molecular flexibility index (Phi) is 5.15. The molecule has 7 nitrogen and oxygen atoms in total. The maximum absolute atomic E-state index is 12.1. The highest BCUT2D eigenvalue weighted by molar-refractivity contribution is 7.10. The Morgan fingerprint density at radius 2 is 2.29 bits per heavy atom. The van der Waals surface area contributed by atoms with Crippen molar-refractivity contribution in [2.75, 3.05) is 13.1 Å². The Labute approximate surface area is 146 Å². The minimum atomic E-state index is -0.184. The molecule has 130 valence electrons. The van der Waals surface area contributed by atoms with Crippen molar-refractivity contribution < 1.29 is 4.79 Å². The fourth-order valence-corrected chi connectivity index (χ4v) is 3.90. The molecule has 3 heterocycles. The highest BCUT2D eigenvalue weighted by Gasteiger charge is 2.22. The number of amides is 2. The molecule has 0 spiro atoms. The summed E-state index contributed by atoms with van der Waals surface area (Å²) in [5.74, 6) is 0.735. The van der Waals surface area contributed by atoms with Gasteiger partial charge in [0.05, 0.1) is 6.04 Å². The van der Waals surface area contributed by atoms with Gasteiger partial charge in [-0.15, -0.1) is 21.5 Å². The number of thiophene rings is 1. The van der Waals surface area contributed by atoms with Crippen molar-refractivity contribution in [3.8, 4) is 0 Å². The normalized spacial score (nSPS) is 17.1. The van der Waals surface area contributed by atoms with Gasteiger partial charge in [-0.1, -0.05) is 0 Å². The number of nitrogens with one attached hydrogen (secondary N) is 2. The molecule has 2 aromatic rings. The predicted molar refractivity (Wildman–Crippen MR) is 93.8 cm³/mol. The van der Waals surface area contributed by atoms with Crippen molar-refractivity contribution in [3.63, 3.8) is 0 Å². The van der Waals surface area contributed by atoms with E-state index in [0.717, 1.165) is 25.3 Å². The van der Waals surface area contributed by atoms with Crippen LogP contribution in [0.4, 0.5) is 4.79 Å². The number of nitrogens with zero attached hydrogens (tertiary/aromatic N) is 4. The van der Waals surface area contributed by atoms with Gasteiger partial charge in [0.15, 0.2) is 5.82 Å². The van der Waals surface area contributed by atoms with Crippen molar-refractivity contribution >= 4 is 17.4 Å². The van der Waals surface area contributed by atoms with E-state index in [2.05, 4.69) is 44.1 Å². The monoisotopic (exact) mass is 348 g/mol. The molecular formula is C16H24N6OS. The Hall–Kier alpha value is -1.93. The second-order valence-corrected chi connectivity index (χ2v) is 7.32. The lowest BCUT2D eigenvalue weighted by Gasteiger charge is -2.32. The molecule has 2 atom stereocenters. The van der Waals surface area contributed by atoms with Crippen LogP contribution in [-0.2, 0) is 20.0 Å². The van der Waals surface area contributed by atoms with Crippen LogP contribution in [-0.4, -0.2) is 44.8 Å². The lowest BCUT2D eigenvalue weighted by Crippen LogP contribution is -2.47. The Balaban J connectivity index is 1.45. The van der Waals surface area contributed by atoms with Gasteiger partial charge in [0.2, 0.25) is 0 Å². The molecule has 0 fully saturated rings. The quantitative estimate of drug-likeness (QED) is 0.862. The van der Waals surface area contributed by atoms with E-state index < -0.39 is 0 Å². The van der Waals surface area contributed by atoms with Crippen LogP contribution in [0.3, 0.4) is 0 Å². The first-order chi connectivity index (χ1) is 11.5. The van der Waals surface area contributed by atoms with Crippen molar-refractivity contribution in [3.05, 3.63) is 34.0 Å². The van der Waals surface area contributed by atoms with Crippen LogP contribution in [0.2, 0.25) is 0 Å². The molecule has 24 heavy (non-hydrogen) atoms. The molecule has 0 unspecified atom stereocenters. The largest absolute Gasteiger partial charge is 0.337 e. The summed E-state index contributed by atoms with van der Waals surface area (Å²) in [4.78, 5) is 16.0. The lowest BCUT2D eigenvalue weighted by atomic mass is 10.1. The molecular weight excluding hydrogens is 324 g/mol. The van der Waals surface area contributed by atoms with E-state index in [-0.39, 0.29) is 12.1 Å². The first-order valence-electron chi connectivity index (χ1n) is 8.22. The van der Waals surface area contributed by atoms with Gasteiger partial charge < -0.3 is 15.2 Å². The number of aromatic nitrogens is 3. The van der Waals surface area contributed by atoms with E-state index in [4.69, 9.17) is 0 Å². The van der Waals surface area contributed by atoms with E-state index in [9.17, 15) is 4.79 Å². The van der Waals surface area contributed by atoms with Crippen LogP contribution in [0.1, 0.15) is 36.2 Å². The van der Waals surface area contributed by atoms with Gasteiger partial charge in [0.25, 0.3) is 0 Å². The summed E-state index contributed by atoms with van der Waals surface area (Å²) in [5.41, 5.74) is 1.43. The summed E-state index contributed by atoms with van der Waals surface area (Å²) >= 11 is 1.84. The smallest absolute Gasteiger partial charge is 0.315 e. The topological polar surface area (TPSA) is 75.1 Å². The molecule has 2 amide bonds. The van der Waals surface area contributed by atoms with E-state index in [1.165, 1.54) is 10.4 Å². The fraction of sp³-hybridized carbons (Fsp3) is 0.562. The van der Waals surface area contributed by atoms with Crippen molar-refractivity contribution in [2.45, 2.75) is 38.9 Å². The van der Waals surface area contributed by atoms with E-state index in [0.29, 0.717) is 12.6 Å². The molecule has 2 N–H and O–H groups in total. The maximum Gasteiger partial charge on any atom is 0.315 e. The summed E-state index contributed by atoms with van der Waals surface area (Å²) in [6.07, 6.45) is 2.73. The summed E-state index contributed by atoms with van der Waals surface area (Å²) in [7, 11) is 1.86. The van der Waals surface area contributed by atoms with E-state index >= 15 is 0 Å². The Morgan fingerprint density at radius 3 is 3.04 bits per heavy atom. The molecule has 0 saturated carbocycles. The number of aryl methyl sites for hydroxylation is 1. The van der Waals surface area contributed by atoms with Crippen molar-refractivity contribution in [1.29, 1.82) is 0 Å². The lowest BCUT2D eigenvalue weighted by molar-refractivity contribution is 0.185. The molecule has 8 heteroatoms. The van der Waals surface area contributed by atoms with Gasteiger partial charge >= 0.3 is 6.03 Å². The molecule has 1 aliphatic heterocycles. The zero-order valence-corrected chi connectivity index (χ0v) is 15.1. The van der Waals surface area contributed by atoms with Crippen molar-refractivity contribution in [1.82, 2.24) is 30.3 Å². The van der Waals surface area contributed by atoms with Crippen LogP contribution in [0.15, 0.2) is 17.8 Å². The number of carbonyl (C=O) groups is 1. The average Bonchev–Trinajstić information content (AvgIpc) is 3.20. The number of fused-ring (bicyclic) bond motifs is 1. The van der Waals surface area contributed by atoms with Gasteiger partial charge in [-0.3, -0.25) is 4.90 Å². The molecule has 0 saturated heterocycles.